The first-order chi connectivity index (χ1) is 13.5. The first-order valence-corrected chi connectivity index (χ1v) is 14.6. The van der Waals surface area contributed by atoms with E-state index in [2.05, 4.69) is 24.0 Å². The molecule has 0 fully saturated rings. The van der Waals surface area contributed by atoms with Crippen LogP contribution in [0, 0.1) is 0 Å². The molecular formula is C20H32N4O3SSi. The lowest BCUT2D eigenvalue weighted by molar-refractivity contribution is 0.0219. The zero-order chi connectivity index (χ0) is 21.2. The van der Waals surface area contributed by atoms with Crippen molar-refractivity contribution in [3.63, 3.8) is 0 Å². The molecule has 9 heteroatoms. The molecule has 2 aromatic heterocycles. The molecule has 1 aliphatic heterocycles. The van der Waals surface area contributed by atoms with Crippen LogP contribution in [0.25, 0.3) is 10.6 Å². The summed E-state index contributed by atoms with van der Waals surface area (Å²) < 4.78 is 17.7. The molecule has 0 N–H and O–H groups in total. The van der Waals surface area contributed by atoms with Gasteiger partial charge in [0.25, 0.3) is 0 Å². The molecule has 7 nitrogen and oxygen atoms in total. The highest BCUT2D eigenvalue weighted by Gasteiger charge is 2.31. The van der Waals surface area contributed by atoms with E-state index >= 15 is 0 Å². The second-order valence-electron chi connectivity index (χ2n) is 9.65. The largest absolute Gasteiger partial charge is 0.444 e. The van der Waals surface area contributed by atoms with Crippen LogP contribution in [0.15, 0.2) is 12.3 Å². The molecule has 29 heavy (non-hydrogen) atoms. The highest BCUT2D eigenvalue weighted by Crippen LogP contribution is 2.32. The van der Waals surface area contributed by atoms with Crippen molar-refractivity contribution in [2.45, 2.75) is 71.8 Å². The Bertz CT molecular complexity index is 837. The van der Waals surface area contributed by atoms with Crippen LogP contribution in [0.2, 0.25) is 25.7 Å². The summed E-state index contributed by atoms with van der Waals surface area (Å²) in [6.45, 7) is 15.0. The summed E-state index contributed by atoms with van der Waals surface area (Å²) in [5, 5.41) is 4.83. The minimum Gasteiger partial charge on any atom is -0.444 e. The van der Waals surface area contributed by atoms with E-state index in [-0.39, 0.29) is 6.09 Å². The minimum atomic E-state index is -1.12. The van der Waals surface area contributed by atoms with Gasteiger partial charge in [-0.1, -0.05) is 19.6 Å². The molecule has 0 saturated heterocycles. The summed E-state index contributed by atoms with van der Waals surface area (Å²) in [5.74, 6) is 0. The normalized spacial score (nSPS) is 14.8. The van der Waals surface area contributed by atoms with E-state index in [1.807, 2.05) is 31.5 Å². The summed E-state index contributed by atoms with van der Waals surface area (Å²) in [6, 6.07) is 3.10. The quantitative estimate of drug-likeness (QED) is 0.488. The number of aromatic nitrogens is 3. The van der Waals surface area contributed by atoms with Crippen LogP contribution >= 0.6 is 11.5 Å². The smallest absolute Gasteiger partial charge is 0.410 e. The Balaban J connectivity index is 1.78. The van der Waals surface area contributed by atoms with Gasteiger partial charge in [0, 0.05) is 45.1 Å². The van der Waals surface area contributed by atoms with Gasteiger partial charge in [-0.3, -0.25) is 0 Å². The number of amides is 1. The van der Waals surface area contributed by atoms with Gasteiger partial charge in [0.1, 0.15) is 18.0 Å². The molecule has 1 aliphatic rings. The highest BCUT2D eigenvalue weighted by molar-refractivity contribution is 7.09. The molecule has 1 amide bonds. The van der Waals surface area contributed by atoms with Crippen molar-refractivity contribution in [3.05, 3.63) is 23.5 Å². The average Bonchev–Trinajstić information content (AvgIpc) is 3.23. The van der Waals surface area contributed by atoms with Gasteiger partial charge in [0.2, 0.25) is 0 Å². The van der Waals surface area contributed by atoms with Crippen LogP contribution in [0.5, 0.6) is 0 Å². The van der Waals surface area contributed by atoms with Gasteiger partial charge in [-0.25, -0.2) is 13.8 Å². The molecule has 3 rings (SSSR count). The van der Waals surface area contributed by atoms with Crippen molar-refractivity contribution in [1.29, 1.82) is 0 Å². The highest BCUT2D eigenvalue weighted by atomic mass is 32.1. The van der Waals surface area contributed by atoms with Gasteiger partial charge in [0.15, 0.2) is 0 Å². The molecular weight excluding hydrogens is 404 g/mol. The van der Waals surface area contributed by atoms with Crippen LogP contribution < -0.4 is 0 Å². The number of carbonyl (C=O) groups is 1. The topological polar surface area (TPSA) is 69.5 Å². The number of nitrogens with zero attached hydrogens (tertiary/aromatic N) is 4. The van der Waals surface area contributed by atoms with Gasteiger partial charge in [-0.15, -0.1) is 0 Å². The van der Waals surface area contributed by atoms with Gasteiger partial charge in [0.05, 0.1) is 11.4 Å². The SMILES string of the molecule is CC(C)(C)OC(=O)N1CCc2c(c(-c3ccns3)nn2COCC[Si](C)(C)C)C1. The summed E-state index contributed by atoms with van der Waals surface area (Å²) in [5.41, 5.74) is 2.60. The number of ether oxygens (including phenoxy) is 2. The monoisotopic (exact) mass is 436 g/mol. The Labute approximate surface area is 178 Å². The fourth-order valence-corrected chi connectivity index (χ4v) is 4.51. The lowest BCUT2D eigenvalue weighted by Gasteiger charge is -2.30. The molecule has 0 bridgehead atoms. The van der Waals surface area contributed by atoms with E-state index < -0.39 is 13.7 Å². The predicted octanol–water partition coefficient (Wildman–Crippen LogP) is 4.61. The van der Waals surface area contributed by atoms with Gasteiger partial charge < -0.3 is 14.4 Å². The molecule has 2 aromatic rings. The predicted molar refractivity (Wildman–Crippen MR) is 118 cm³/mol. The minimum absolute atomic E-state index is 0.280. The second-order valence-corrected chi connectivity index (χ2v) is 16.1. The molecule has 0 aliphatic carbocycles. The lowest BCUT2D eigenvalue weighted by Crippen LogP contribution is -2.40. The van der Waals surface area contributed by atoms with Crippen molar-refractivity contribution < 1.29 is 14.3 Å². The van der Waals surface area contributed by atoms with Gasteiger partial charge >= 0.3 is 6.09 Å². The fraction of sp³-hybridized carbons (Fsp3) is 0.650. The number of rotatable bonds is 6. The second kappa shape index (κ2) is 8.57. The van der Waals surface area contributed by atoms with E-state index in [9.17, 15) is 4.79 Å². The zero-order valence-corrected chi connectivity index (χ0v) is 20.1. The zero-order valence-electron chi connectivity index (χ0n) is 18.3. The molecule has 160 valence electrons. The van der Waals surface area contributed by atoms with Crippen molar-refractivity contribution in [2.24, 2.45) is 0 Å². The molecule has 0 atom stereocenters. The maximum absolute atomic E-state index is 12.6. The first kappa shape index (κ1) is 22.0. The summed E-state index contributed by atoms with van der Waals surface area (Å²) in [7, 11) is -1.12. The number of carbonyl (C=O) groups excluding carboxylic acids is 1. The van der Waals surface area contributed by atoms with Crippen LogP contribution in [0.3, 0.4) is 0 Å². The summed E-state index contributed by atoms with van der Waals surface area (Å²) in [6.07, 6.45) is 2.24. The summed E-state index contributed by atoms with van der Waals surface area (Å²) >= 11 is 1.42. The first-order valence-electron chi connectivity index (χ1n) is 10.1. The lowest BCUT2D eigenvalue weighted by atomic mass is 10.0. The Morgan fingerprint density at radius 1 is 1.31 bits per heavy atom. The number of hydrogen-bond acceptors (Lipinski definition) is 6. The Kier molecular flexibility index (Phi) is 6.50. The molecule has 0 spiro atoms. The number of fused-ring (bicyclic) bond motifs is 1. The third-order valence-corrected chi connectivity index (χ3v) is 7.12. The molecule has 0 aromatic carbocycles. The molecule has 0 saturated carbocycles. The molecule has 0 unspecified atom stereocenters. The van der Waals surface area contributed by atoms with Gasteiger partial charge in [-0.2, -0.15) is 5.10 Å². The van der Waals surface area contributed by atoms with Crippen molar-refractivity contribution in [3.8, 4) is 10.6 Å². The fourth-order valence-electron chi connectivity index (χ4n) is 3.15. The Morgan fingerprint density at radius 2 is 2.07 bits per heavy atom. The van der Waals surface area contributed by atoms with Crippen LogP contribution in [-0.4, -0.2) is 52.0 Å². The van der Waals surface area contributed by atoms with Crippen LogP contribution in [0.1, 0.15) is 32.0 Å². The molecule has 3 heterocycles. The summed E-state index contributed by atoms with van der Waals surface area (Å²) in [4.78, 5) is 15.3. The van der Waals surface area contributed by atoms with Crippen molar-refractivity contribution in [1.82, 2.24) is 19.1 Å². The van der Waals surface area contributed by atoms with Gasteiger partial charge in [-0.05, 0) is 44.4 Å². The van der Waals surface area contributed by atoms with Crippen molar-refractivity contribution in [2.75, 3.05) is 13.2 Å². The Hall–Kier alpha value is -1.71. The third-order valence-electron chi connectivity index (χ3n) is 4.67. The maximum Gasteiger partial charge on any atom is 0.410 e. The number of hydrogen-bond donors (Lipinski definition) is 0. The molecule has 0 radical (unpaired) electrons. The Morgan fingerprint density at radius 3 is 2.69 bits per heavy atom. The van der Waals surface area contributed by atoms with E-state index in [0.717, 1.165) is 40.9 Å². The van der Waals surface area contributed by atoms with E-state index in [4.69, 9.17) is 14.6 Å². The van der Waals surface area contributed by atoms with E-state index in [1.165, 1.54) is 11.5 Å². The average molecular weight is 437 g/mol. The van der Waals surface area contributed by atoms with Crippen LogP contribution in [-0.2, 0) is 29.2 Å². The maximum atomic E-state index is 12.6. The standard InChI is InChI=1S/C20H32N4O3SSi/c1-20(2,3)27-19(25)23-10-8-16-15(13-23)18(17-7-9-21-28-17)22-24(16)14-26-11-12-29(4,5)6/h7,9H,8,10-14H2,1-6H3. The van der Waals surface area contributed by atoms with E-state index in [0.29, 0.717) is 19.8 Å². The van der Waals surface area contributed by atoms with Crippen LogP contribution in [0.4, 0.5) is 4.79 Å². The third kappa shape index (κ3) is 5.89. The van der Waals surface area contributed by atoms with E-state index in [1.54, 1.807) is 11.1 Å². The van der Waals surface area contributed by atoms with Crippen molar-refractivity contribution >= 4 is 25.7 Å².